The Morgan fingerprint density at radius 2 is 1.81 bits per heavy atom. The molecule has 0 radical (unpaired) electrons. The molecule has 1 heterocycles. The average Bonchev–Trinajstić information content (AvgIpc) is 3.17. The largest absolute Gasteiger partial charge is 0.497 e. The molecule has 31 heavy (non-hydrogen) atoms. The summed E-state index contributed by atoms with van der Waals surface area (Å²) in [4.78, 5) is 36.8. The molecule has 2 amide bonds. The van der Waals surface area contributed by atoms with E-state index in [1.165, 1.54) is 18.3 Å². The second kappa shape index (κ2) is 10.1. The number of esters is 1. The van der Waals surface area contributed by atoms with Crippen molar-refractivity contribution >= 4 is 44.9 Å². The van der Waals surface area contributed by atoms with Crippen LogP contribution in [0.15, 0.2) is 48.5 Å². The first-order valence-electron chi connectivity index (χ1n) is 9.81. The van der Waals surface area contributed by atoms with Gasteiger partial charge in [-0.2, -0.15) is 0 Å². The molecule has 0 aliphatic rings. The van der Waals surface area contributed by atoms with Gasteiger partial charge < -0.3 is 20.1 Å². The van der Waals surface area contributed by atoms with Gasteiger partial charge >= 0.3 is 5.97 Å². The van der Waals surface area contributed by atoms with E-state index in [1.807, 2.05) is 24.3 Å². The Hall–Kier alpha value is -3.39. The normalized spacial score (nSPS) is 11.6. The van der Waals surface area contributed by atoms with Crippen LogP contribution in [0.1, 0.15) is 41.5 Å². The molecule has 0 aliphatic carbocycles. The van der Waals surface area contributed by atoms with Crippen molar-refractivity contribution in [2.75, 3.05) is 19.0 Å². The SMILES string of the molecule is CCOC(=O)c1cc2cc(NC(=O)CC(NC(C)=O)c3ccc(OC)cc3)ccc2s1. The third-order valence-corrected chi connectivity index (χ3v) is 5.66. The summed E-state index contributed by atoms with van der Waals surface area (Å²) < 4.78 is 11.1. The van der Waals surface area contributed by atoms with Crippen LogP contribution in [0.2, 0.25) is 0 Å². The number of anilines is 1. The number of benzene rings is 2. The van der Waals surface area contributed by atoms with Gasteiger partial charge in [-0.15, -0.1) is 11.3 Å². The highest BCUT2D eigenvalue weighted by Crippen LogP contribution is 2.29. The van der Waals surface area contributed by atoms with Gasteiger partial charge in [0, 0.05) is 17.3 Å². The van der Waals surface area contributed by atoms with Crippen molar-refractivity contribution in [1.82, 2.24) is 5.32 Å². The predicted molar refractivity (Wildman–Crippen MR) is 121 cm³/mol. The summed E-state index contributed by atoms with van der Waals surface area (Å²) in [5, 5.41) is 6.53. The quantitative estimate of drug-likeness (QED) is 0.510. The average molecular weight is 441 g/mol. The molecule has 2 aromatic carbocycles. The first-order chi connectivity index (χ1) is 14.9. The monoisotopic (exact) mass is 440 g/mol. The Morgan fingerprint density at radius 1 is 1.06 bits per heavy atom. The standard InChI is InChI=1S/C23H24N2O5S/c1-4-30-23(28)21-12-16-11-17(7-10-20(16)31-21)25-22(27)13-19(24-14(2)26)15-5-8-18(29-3)9-6-15/h5-12,19H,4,13H2,1-3H3,(H,24,26)(H,25,27). The summed E-state index contributed by atoms with van der Waals surface area (Å²) in [6.45, 7) is 3.50. The Morgan fingerprint density at radius 3 is 2.45 bits per heavy atom. The van der Waals surface area contributed by atoms with E-state index in [0.717, 1.165) is 15.6 Å². The van der Waals surface area contributed by atoms with E-state index >= 15 is 0 Å². The summed E-state index contributed by atoms with van der Waals surface area (Å²) in [5.41, 5.74) is 1.42. The van der Waals surface area contributed by atoms with Gasteiger partial charge in [0.1, 0.15) is 10.6 Å². The van der Waals surface area contributed by atoms with Crippen molar-refractivity contribution in [3.05, 3.63) is 59.0 Å². The number of nitrogens with one attached hydrogen (secondary N) is 2. The zero-order chi connectivity index (χ0) is 22.4. The van der Waals surface area contributed by atoms with Crippen molar-refractivity contribution in [2.45, 2.75) is 26.3 Å². The highest BCUT2D eigenvalue weighted by molar-refractivity contribution is 7.20. The lowest BCUT2D eigenvalue weighted by Gasteiger charge is -2.18. The maximum atomic E-state index is 12.7. The Bertz CT molecular complexity index is 1090. The lowest BCUT2D eigenvalue weighted by molar-refractivity contribution is -0.120. The topological polar surface area (TPSA) is 93.7 Å². The number of thiophene rings is 1. The number of rotatable bonds is 8. The molecule has 162 valence electrons. The van der Waals surface area contributed by atoms with Gasteiger partial charge in [-0.3, -0.25) is 9.59 Å². The number of ether oxygens (including phenoxy) is 2. The smallest absolute Gasteiger partial charge is 0.348 e. The van der Waals surface area contributed by atoms with Gasteiger partial charge in [-0.05, 0) is 54.3 Å². The molecule has 0 aliphatic heterocycles. The molecule has 0 saturated heterocycles. The molecule has 0 saturated carbocycles. The highest BCUT2D eigenvalue weighted by atomic mass is 32.1. The first-order valence-corrected chi connectivity index (χ1v) is 10.6. The molecule has 2 N–H and O–H groups in total. The number of amides is 2. The fourth-order valence-corrected chi connectivity index (χ4v) is 4.09. The maximum Gasteiger partial charge on any atom is 0.348 e. The van der Waals surface area contributed by atoms with Crippen LogP contribution in [-0.4, -0.2) is 31.5 Å². The van der Waals surface area contributed by atoms with Gasteiger partial charge in [0.2, 0.25) is 11.8 Å². The molecule has 8 heteroatoms. The van der Waals surface area contributed by atoms with Crippen molar-refractivity contribution in [2.24, 2.45) is 0 Å². The van der Waals surface area contributed by atoms with Crippen LogP contribution < -0.4 is 15.4 Å². The van der Waals surface area contributed by atoms with Crippen molar-refractivity contribution in [1.29, 1.82) is 0 Å². The van der Waals surface area contributed by atoms with Gasteiger partial charge in [0.05, 0.1) is 26.2 Å². The molecular formula is C23H24N2O5S. The third-order valence-electron chi connectivity index (χ3n) is 4.56. The van der Waals surface area contributed by atoms with Crippen LogP contribution in [0.3, 0.4) is 0 Å². The first kappa shape index (κ1) is 22.3. The summed E-state index contributed by atoms with van der Waals surface area (Å²) >= 11 is 1.35. The lowest BCUT2D eigenvalue weighted by atomic mass is 10.0. The number of carbonyl (C=O) groups excluding carboxylic acids is 3. The Labute approximate surface area is 184 Å². The Kier molecular flexibility index (Phi) is 7.25. The molecule has 1 atom stereocenters. The number of methoxy groups -OCH3 is 1. The molecule has 7 nitrogen and oxygen atoms in total. The van der Waals surface area contributed by atoms with E-state index in [2.05, 4.69) is 10.6 Å². The summed E-state index contributed by atoms with van der Waals surface area (Å²) in [5.74, 6) is -0.123. The molecule has 0 fully saturated rings. The summed E-state index contributed by atoms with van der Waals surface area (Å²) in [6.07, 6.45) is 0.0711. The fraction of sp³-hybridized carbons (Fsp3) is 0.261. The van der Waals surface area contributed by atoms with Crippen LogP contribution in [0.4, 0.5) is 5.69 Å². The van der Waals surface area contributed by atoms with Gasteiger partial charge in [0.15, 0.2) is 0 Å². The van der Waals surface area contributed by atoms with Crippen LogP contribution in [0, 0.1) is 0 Å². The molecular weight excluding hydrogens is 416 g/mol. The van der Waals surface area contributed by atoms with E-state index in [1.54, 1.807) is 38.3 Å². The highest BCUT2D eigenvalue weighted by Gasteiger charge is 2.18. The molecule has 0 spiro atoms. The number of hydrogen-bond donors (Lipinski definition) is 2. The zero-order valence-electron chi connectivity index (χ0n) is 17.6. The van der Waals surface area contributed by atoms with E-state index in [-0.39, 0.29) is 24.2 Å². The molecule has 1 aromatic heterocycles. The van der Waals surface area contributed by atoms with Gasteiger partial charge in [-0.25, -0.2) is 4.79 Å². The van der Waals surface area contributed by atoms with Crippen molar-refractivity contribution < 1.29 is 23.9 Å². The van der Waals surface area contributed by atoms with Gasteiger partial charge in [0.25, 0.3) is 0 Å². The predicted octanol–water partition coefficient (Wildman–Crippen LogP) is 4.29. The molecule has 3 aromatic rings. The van der Waals surface area contributed by atoms with Crippen LogP contribution in [0.5, 0.6) is 5.75 Å². The minimum absolute atomic E-state index is 0.0711. The molecule has 0 bridgehead atoms. The summed E-state index contributed by atoms with van der Waals surface area (Å²) in [6, 6.07) is 13.9. The fourth-order valence-electron chi connectivity index (χ4n) is 3.16. The number of hydrogen-bond acceptors (Lipinski definition) is 6. The second-order valence-corrected chi connectivity index (χ2v) is 7.95. The number of carbonyl (C=O) groups is 3. The zero-order valence-corrected chi connectivity index (χ0v) is 18.4. The maximum absolute atomic E-state index is 12.7. The Balaban J connectivity index is 1.72. The minimum atomic E-state index is -0.469. The van der Waals surface area contributed by atoms with Crippen LogP contribution >= 0.6 is 11.3 Å². The second-order valence-electron chi connectivity index (χ2n) is 6.86. The third kappa shape index (κ3) is 5.82. The van der Waals surface area contributed by atoms with E-state index in [4.69, 9.17) is 9.47 Å². The van der Waals surface area contributed by atoms with E-state index < -0.39 is 6.04 Å². The van der Waals surface area contributed by atoms with Crippen molar-refractivity contribution in [3.63, 3.8) is 0 Å². The van der Waals surface area contributed by atoms with E-state index in [0.29, 0.717) is 22.9 Å². The number of fused-ring (bicyclic) bond motifs is 1. The minimum Gasteiger partial charge on any atom is -0.497 e. The van der Waals surface area contributed by atoms with E-state index in [9.17, 15) is 14.4 Å². The van der Waals surface area contributed by atoms with Gasteiger partial charge in [-0.1, -0.05) is 12.1 Å². The van der Waals surface area contributed by atoms with Crippen LogP contribution in [-0.2, 0) is 14.3 Å². The van der Waals surface area contributed by atoms with Crippen molar-refractivity contribution in [3.8, 4) is 5.75 Å². The van der Waals surface area contributed by atoms with Crippen LogP contribution in [0.25, 0.3) is 10.1 Å². The lowest BCUT2D eigenvalue weighted by Crippen LogP contribution is -2.29. The molecule has 1 unspecified atom stereocenters. The summed E-state index contributed by atoms with van der Waals surface area (Å²) in [7, 11) is 1.58. The molecule has 3 rings (SSSR count).